The number of ether oxygens (including phenoxy) is 2. The van der Waals surface area contributed by atoms with E-state index < -0.39 is 0 Å². The zero-order chi connectivity index (χ0) is 12.4. The summed E-state index contributed by atoms with van der Waals surface area (Å²) >= 11 is 6.15. The number of rotatable bonds is 5. The molecular weight excluding hydrogens is 238 g/mol. The quantitative estimate of drug-likeness (QED) is 0.879. The smallest absolute Gasteiger partial charge is 0.179 e. The number of hydrogen-bond donors (Lipinski definition) is 1. The van der Waals surface area contributed by atoms with Gasteiger partial charge in [0.25, 0.3) is 0 Å². The molecule has 1 aliphatic rings. The minimum Gasteiger partial charge on any atom is -0.493 e. The van der Waals surface area contributed by atoms with Gasteiger partial charge in [-0.3, -0.25) is 0 Å². The topological polar surface area (TPSA) is 44.5 Å². The summed E-state index contributed by atoms with van der Waals surface area (Å²) in [5.41, 5.74) is 7.18. The third kappa shape index (κ3) is 2.85. The summed E-state index contributed by atoms with van der Waals surface area (Å²) in [4.78, 5) is 0. The van der Waals surface area contributed by atoms with Crippen LogP contribution < -0.4 is 15.2 Å². The van der Waals surface area contributed by atoms with Crippen molar-refractivity contribution in [3.05, 3.63) is 22.7 Å². The Bertz CT molecular complexity index is 405. The highest BCUT2D eigenvalue weighted by Gasteiger charge is 2.25. The summed E-state index contributed by atoms with van der Waals surface area (Å²) in [5, 5.41) is 0.549. The Morgan fingerprint density at radius 1 is 1.35 bits per heavy atom. The van der Waals surface area contributed by atoms with E-state index in [2.05, 4.69) is 0 Å². The molecule has 0 saturated heterocycles. The number of halogens is 1. The summed E-state index contributed by atoms with van der Waals surface area (Å²) in [6, 6.07) is 3.81. The van der Waals surface area contributed by atoms with E-state index in [0.29, 0.717) is 16.5 Å². The van der Waals surface area contributed by atoms with Crippen molar-refractivity contribution < 1.29 is 9.47 Å². The maximum atomic E-state index is 6.16. The van der Waals surface area contributed by atoms with Crippen LogP contribution in [0.15, 0.2) is 12.1 Å². The summed E-state index contributed by atoms with van der Waals surface area (Å²) in [7, 11) is 3.18. The molecule has 2 N–H and O–H groups in total. The summed E-state index contributed by atoms with van der Waals surface area (Å²) in [6.07, 6.45) is 3.62. The molecular formula is C13H18ClNO2. The fourth-order valence-corrected chi connectivity index (χ4v) is 2.30. The van der Waals surface area contributed by atoms with E-state index in [4.69, 9.17) is 26.8 Å². The normalized spacial score (nSPS) is 16.7. The van der Waals surface area contributed by atoms with Gasteiger partial charge in [-0.25, -0.2) is 0 Å². The van der Waals surface area contributed by atoms with E-state index >= 15 is 0 Å². The molecule has 0 aromatic heterocycles. The van der Waals surface area contributed by atoms with Gasteiger partial charge in [0, 0.05) is 6.04 Å². The van der Waals surface area contributed by atoms with Crippen molar-refractivity contribution in [3.63, 3.8) is 0 Å². The maximum absolute atomic E-state index is 6.16. The molecule has 1 unspecified atom stereocenters. The van der Waals surface area contributed by atoms with Crippen LogP contribution in [0.1, 0.15) is 30.9 Å². The third-order valence-electron chi connectivity index (χ3n) is 3.17. The van der Waals surface area contributed by atoms with Crippen LogP contribution in [0.2, 0.25) is 5.02 Å². The Morgan fingerprint density at radius 3 is 2.59 bits per heavy atom. The minimum atomic E-state index is 0.0276. The molecule has 0 amide bonds. The molecule has 0 aliphatic heterocycles. The molecule has 0 heterocycles. The molecule has 1 atom stereocenters. The number of nitrogens with two attached hydrogens (primary N) is 1. The van der Waals surface area contributed by atoms with Crippen LogP contribution in [0.25, 0.3) is 0 Å². The Balaban J connectivity index is 2.24. The van der Waals surface area contributed by atoms with Crippen molar-refractivity contribution >= 4 is 11.6 Å². The molecule has 4 heteroatoms. The first-order valence-corrected chi connectivity index (χ1v) is 6.20. The monoisotopic (exact) mass is 255 g/mol. The van der Waals surface area contributed by atoms with Crippen molar-refractivity contribution in [3.8, 4) is 11.5 Å². The van der Waals surface area contributed by atoms with Gasteiger partial charge in [-0.2, -0.15) is 0 Å². The van der Waals surface area contributed by atoms with Crippen LogP contribution in [0.5, 0.6) is 11.5 Å². The average molecular weight is 256 g/mol. The molecule has 94 valence electrons. The second-order valence-corrected chi connectivity index (χ2v) is 4.93. The highest BCUT2D eigenvalue weighted by atomic mass is 35.5. The lowest BCUT2D eigenvalue weighted by atomic mass is 10.0. The van der Waals surface area contributed by atoms with Gasteiger partial charge in [0.15, 0.2) is 11.5 Å². The van der Waals surface area contributed by atoms with Gasteiger partial charge in [0.2, 0.25) is 0 Å². The van der Waals surface area contributed by atoms with Crippen LogP contribution >= 0.6 is 11.6 Å². The SMILES string of the molecule is COc1cc(C(N)CC2CC2)cc(Cl)c1OC. The Hall–Kier alpha value is -0.930. The van der Waals surface area contributed by atoms with Gasteiger partial charge in [-0.05, 0) is 30.0 Å². The molecule has 1 aromatic carbocycles. The van der Waals surface area contributed by atoms with Crippen LogP contribution in [0, 0.1) is 5.92 Å². The minimum absolute atomic E-state index is 0.0276. The van der Waals surface area contributed by atoms with Gasteiger partial charge in [0.1, 0.15) is 0 Å². The number of methoxy groups -OCH3 is 2. The van der Waals surface area contributed by atoms with E-state index in [1.807, 2.05) is 12.1 Å². The van der Waals surface area contributed by atoms with Gasteiger partial charge in [0.05, 0.1) is 19.2 Å². The van der Waals surface area contributed by atoms with Gasteiger partial charge in [-0.1, -0.05) is 24.4 Å². The highest BCUT2D eigenvalue weighted by Crippen LogP contribution is 2.41. The Labute approximate surface area is 107 Å². The molecule has 3 nitrogen and oxygen atoms in total. The molecule has 0 radical (unpaired) electrons. The summed E-state index contributed by atoms with van der Waals surface area (Å²) in [5.74, 6) is 2.00. The lowest BCUT2D eigenvalue weighted by molar-refractivity contribution is 0.354. The average Bonchev–Trinajstić information content (AvgIpc) is 3.11. The first-order valence-electron chi connectivity index (χ1n) is 5.82. The van der Waals surface area contributed by atoms with E-state index in [-0.39, 0.29) is 6.04 Å². The van der Waals surface area contributed by atoms with Crippen molar-refractivity contribution in [1.82, 2.24) is 0 Å². The standard InChI is InChI=1S/C13H18ClNO2/c1-16-12-7-9(6-10(14)13(12)17-2)11(15)5-8-3-4-8/h6-8,11H,3-5,15H2,1-2H3. The third-order valence-corrected chi connectivity index (χ3v) is 3.45. The highest BCUT2D eigenvalue weighted by molar-refractivity contribution is 6.32. The molecule has 0 bridgehead atoms. The summed E-state index contributed by atoms with van der Waals surface area (Å²) < 4.78 is 10.5. The van der Waals surface area contributed by atoms with Crippen LogP contribution in [-0.4, -0.2) is 14.2 Å². The number of hydrogen-bond acceptors (Lipinski definition) is 3. The van der Waals surface area contributed by atoms with Crippen molar-refractivity contribution in [1.29, 1.82) is 0 Å². The zero-order valence-electron chi connectivity index (χ0n) is 10.2. The summed E-state index contributed by atoms with van der Waals surface area (Å²) in [6.45, 7) is 0. The first kappa shape index (κ1) is 12.5. The first-order chi connectivity index (χ1) is 8.15. The van der Waals surface area contributed by atoms with Crippen molar-refractivity contribution in [2.75, 3.05) is 14.2 Å². The molecule has 0 spiro atoms. The largest absolute Gasteiger partial charge is 0.493 e. The second-order valence-electron chi connectivity index (χ2n) is 4.52. The van der Waals surface area contributed by atoms with E-state index in [9.17, 15) is 0 Å². The van der Waals surface area contributed by atoms with Crippen LogP contribution in [-0.2, 0) is 0 Å². The van der Waals surface area contributed by atoms with E-state index in [0.717, 1.165) is 17.9 Å². The molecule has 2 rings (SSSR count). The van der Waals surface area contributed by atoms with E-state index in [1.165, 1.54) is 12.8 Å². The lowest BCUT2D eigenvalue weighted by Crippen LogP contribution is -2.11. The number of benzene rings is 1. The van der Waals surface area contributed by atoms with Gasteiger partial charge >= 0.3 is 0 Å². The zero-order valence-corrected chi connectivity index (χ0v) is 11.0. The van der Waals surface area contributed by atoms with E-state index in [1.54, 1.807) is 14.2 Å². The van der Waals surface area contributed by atoms with Crippen molar-refractivity contribution in [2.45, 2.75) is 25.3 Å². The predicted molar refractivity (Wildman–Crippen MR) is 68.8 cm³/mol. The molecule has 17 heavy (non-hydrogen) atoms. The fourth-order valence-electron chi connectivity index (χ4n) is 2.00. The predicted octanol–water partition coefficient (Wildman–Crippen LogP) is 3.16. The Morgan fingerprint density at radius 2 is 2.06 bits per heavy atom. The molecule has 1 saturated carbocycles. The van der Waals surface area contributed by atoms with Crippen molar-refractivity contribution in [2.24, 2.45) is 11.7 Å². The molecule has 1 fully saturated rings. The lowest BCUT2D eigenvalue weighted by Gasteiger charge is -2.16. The Kier molecular flexibility index (Phi) is 3.79. The molecule has 1 aliphatic carbocycles. The second kappa shape index (κ2) is 5.15. The molecule has 1 aromatic rings. The van der Waals surface area contributed by atoms with Crippen LogP contribution in [0.4, 0.5) is 0 Å². The fraction of sp³-hybridized carbons (Fsp3) is 0.538. The van der Waals surface area contributed by atoms with Gasteiger partial charge < -0.3 is 15.2 Å². The maximum Gasteiger partial charge on any atom is 0.179 e. The van der Waals surface area contributed by atoms with Crippen LogP contribution in [0.3, 0.4) is 0 Å². The van der Waals surface area contributed by atoms with Gasteiger partial charge in [-0.15, -0.1) is 0 Å².